The van der Waals surface area contributed by atoms with Gasteiger partial charge in [0, 0.05) is 12.5 Å². The van der Waals surface area contributed by atoms with Crippen molar-refractivity contribution in [2.45, 2.75) is 12.5 Å². The molecule has 0 heterocycles. The third-order valence-corrected chi connectivity index (χ3v) is 1.60. The minimum atomic E-state index is -4.10. The van der Waals surface area contributed by atoms with Crippen molar-refractivity contribution >= 4 is 73.9 Å². The maximum atomic E-state index is 9.73. The van der Waals surface area contributed by atoms with E-state index >= 15 is 0 Å². The number of hydrogen-bond acceptors (Lipinski definition) is 4. The van der Waals surface area contributed by atoms with Crippen LogP contribution in [0.2, 0.25) is 6.04 Å². The van der Waals surface area contributed by atoms with E-state index in [0.717, 1.165) is 0 Å². The van der Waals surface area contributed by atoms with Crippen molar-refractivity contribution in [3.8, 4) is 0 Å². The molecule has 0 aliphatic heterocycles. The molecule has 4 N–H and O–H groups in total. The number of hydrogen-bond donors (Lipinski definition) is 4. The monoisotopic (exact) mass is 200 g/mol. The van der Waals surface area contributed by atoms with Crippen molar-refractivity contribution in [1.82, 2.24) is 0 Å². The first kappa shape index (κ1) is 18.4. The quantitative estimate of drug-likeness (QED) is 0.366. The van der Waals surface area contributed by atoms with Gasteiger partial charge in [-0.15, -0.1) is 0 Å². The van der Waals surface area contributed by atoms with Crippen LogP contribution >= 0.6 is 0 Å². The Morgan fingerprint density at radius 1 is 1.18 bits per heavy atom. The molecule has 0 atom stereocenters. The zero-order valence-electron chi connectivity index (χ0n) is 4.61. The fourth-order valence-electron chi connectivity index (χ4n) is 0.275. The Bertz CT molecular complexity index is 113. The number of carboxylic acids is 1. The molecule has 0 amide bonds. The fraction of sp³-hybridized carbons (Fsp3) is 0.667. The summed E-state index contributed by atoms with van der Waals surface area (Å²) in [6.07, 6.45) is -0.407. The molecule has 5 nitrogen and oxygen atoms in total. The van der Waals surface area contributed by atoms with E-state index in [2.05, 4.69) is 0 Å². The average molecular weight is 200 g/mol. The van der Waals surface area contributed by atoms with Crippen molar-refractivity contribution in [3.05, 3.63) is 0 Å². The van der Waals surface area contributed by atoms with Gasteiger partial charge < -0.3 is 19.5 Å². The molecule has 0 saturated heterocycles. The summed E-state index contributed by atoms with van der Waals surface area (Å²) in [5.74, 6) is -1.15. The Morgan fingerprint density at radius 3 is 1.64 bits per heavy atom. The van der Waals surface area contributed by atoms with Gasteiger partial charge in [-0.3, -0.25) is 4.79 Å². The second kappa shape index (κ2) is 8.18. The first-order valence-corrected chi connectivity index (χ1v) is 4.35. The molecule has 0 aromatic carbocycles. The van der Waals surface area contributed by atoms with Crippen molar-refractivity contribution in [2.24, 2.45) is 0 Å². The molecule has 8 heteroatoms. The van der Waals surface area contributed by atoms with E-state index in [-0.39, 0.29) is 59.1 Å². The SMILES string of the molecule is O=C(O)CC[Si](O)(O)O.[NaH].[NaH]. The molecule has 0 bridgehead atoms. The molecule has 0 spiro atoms. The summed E-state index contributed by atoms with van der Waals surface area (Å²) < 4.78 is 0. The van der Waals surface area contributed by atoms with Crippen LogP contribution < -0.4 is 0 Å². The minimum absolute atomic E-state index is 0. The van der Waals surface area contributed by atoms with Crippen LogP contribution in [-0.2, 0) is 4.79 Å². The van der Waals surface area contributed by atoms with Gasteiger partial charge in [-0.25, -0.2) is 0 Å². The number of rotatable bonds is 3. The molecule has 0 unspecified atom stereocenters. The van der Waals surface area contributed by atoms with E-state index in [0.29, 0.717) is 0 Å². The van der Waals surface area contributed by atoms with Crippen LogP contribution in [0.3, 0.4) is 0 Å². The molecule has 0 saturated carbocycles. The molecule has 11 heavy (non-hydrogen) atoms. The van der Waals surface area contributed by atoms with Crippen molar-refractivity contribution < 1.29 is 24.3 Å². The maximum absolute atomic E-state index is 9.73. The van der Waals surface area contributed by atoms with Crippen molar-refractivity contribution in [2.75, 3.05) is 0 Å². The summed E-state index contributed by atoms with van der Waals surface area (Å²) in [7, 11) is -4.10. The van der Waals surface area contributed by atoms with Crippen molar-refractivity contribution in [1.29, 1.82) is 0 Å². The number of aliphatic carboxylic acids is 1. The first-order chi connectivity index (χ1) is 3.92. The molecule has 0 aromatic heterocycles. The van der Waals surface area contributed by atoms with Crippen molar-refractivity contribution in [3.63, 3.8) is 0 Å². The third kappa shape index (κ3) is 18.5. The predicted octanol–water partition coefficient (Wildman–Crippen LogP) is -2.92. The van der Waals surface area contributed by atoms with Gasteiger partial charge in [0.2, 0.25) is 0 Å². The van der Waals surface area contributed by atoms with E-state index in [1.54, 1.807) is 0 Å². The van der Waals surface area contributed by atoms with Gasteiger partial charge in [0.15, 0.2) is 0 Å². The molecule has 0 radical (unpaired) electrons. The standard InChI is InChI=1S/C3H8O5Si.2Na.2H/c4-3(5)1-2-9(6,7)8;;;;/h6-8H,1-2H2,(H,4,5);;;;. The summed E-state index contributed by atoms with van der Waals surface area (Å²) in [6, 6.07) is -0.442. The molecular weight excluding hydrogens is 190 g/mol. The zero-order valence-corrected chi connectivity index (χ0v) is 5.61. The second-order valence-corrected chi connectivity index (χ2v) is 3.72. The second-order valence-electron chi connectivity index (χ2n) is 1.67. The molecule has 0 rings (SSSR count). The Kier molecular flexibility index (Phi) is 13.7. The first-order valence-electron chi connectivity index (χ1n) is 2.31. The summed E-state index contributed by atoms with van der Waals surface area (Å²) in [4.78, 5) is 34.5. The zero-order chi connectivity index (χ0) is 7.49. The van der Waals surface area contributed by atoms with E-state index in [1.165, 1.54) is 0 Å². The number of carbonyl (C=O) groups is 1. The van der Waals surface area contributed by atoms with Crippen LogP contribution in [0, 0.1) is 0 Å². The fourth-order valence-corrected chi connectivity index (χ4v) is 0.824. The Labute approximate surface area is 109 Å². The van der Waals surface area contributed by atoms with E-state index in [9.17, 15) is 4.79 Å². The Balaban J connectivity index is -0.000000320. The van der Waals surface area contributed by atoms with Crippen LogP contribution in [0.25, 0.3) is 0 Å². The topological polar surface area (TPSA) is 98.0 Å². The Morgan fingerprint density at radius 2 is 1.55 bits per heavy atom. The molecule has 0 aliphatic carbocycles. The molecule has 0 aromatic rings. The normalized spacial score (nSPS) is 9.36. The summed E-state index contributed by atoms with van der Waals surface area (Å²) in [6.45, 7) is 0. The van der Waals surface area contributed by atoms with E-state index < -0.39 is 27.2 Å². The predicted molar refractivity (Wildman–Crippen MR) is 43.8 cm³/mol. The third-order valence-electron chi connectivity index (χ3n) is 0.674. The van der Waals surface area contributed by atoms with Gasteiger partial charge in [0.1, 0.15) is 0 Å². The summed E-state index contributed by atoms with van der Waals surface area (Å²) >= 11 is 0. The van der Waals surface area contributed by atoms with Gasteiger partial charge in [-0.2, -0.15) is 0 Å². The van der Waals surface area contributed by atoms with Gasteiger partial charge in [-0.1, -0.05) is 0 Å². The molecule has 0 aliphatic rings. The van der Waals surface area contributed by atoms with Gasteiger partial charge in [0.05, 0.1) is 0 Å². The Hall–Kier alpha value is 1.57. The van der Waals surface area contributed by atoms with Gasteiger partial charge in [-0.05, 0) is 0 Å². The summed E-state index contributed by atoms with van der Waals surface area (Å²) in [5, 5.41) is 7.97. The average Bonchev–Trinajstić information content (AvgIpc) is 1.59. The molecular formula is C3H10Na2O5Si. The van der Waals surface area contributed by atoms with E-state index in [1.807, 2.05) is 0 Å². The van der Waals surface area contributed by atoms with Gasteiger partial charge >= 0.3 is 73.9 Å². The van der Waals surface area contributed by atoms with Crippen LogP contribution in [0.5, 0.6) is 0 Å². The summed E-state index contributed by atoms with van der Waals surface area (Å²) in [5.41, 5.74) is 0. The van der Waals surface area contributed by atoms with E-state index in [4.69, 9.17) is 19.5 Å². The molecule has 0 fully saturated rings. The van der Waals surface area contributed by atoms with Gasteiger partial charge in [0.25, 0.3) is 0 Å². The van der Waals surface area contributed by atoms with Crippen LogP contribution in [0.4, 0.5) is 0 Å². The van der Waals surface area contributed by atoms with Crippen LogP contribution in [0.1, 0.15) is 6.42 Å². The van der Waals surface area contributed by atoms with Crippen LogP contribution in [-0.4, -0.2) is 93.4 Å². The molecule has 58 valence electrons. The number of carboxylic acid groups (broad SMARTS) is 1. The van der Waals surface area contributed by atoms with Crippen LogP contribution in [0.15, 0.2) is 0 Å².